The lowest BCUT2D eigenvalue weighted by Gasteiger charge is -2.10. The van der Waals surface area contributed by atoms with Crippen LogP contribution < -0.4 is 5.73 Å². The molecule has 1 atom stereocenters. The minimum atomic E-state index is 0.0962. The molecule has 0 fully saturated rings. The van der Waals surface area contributed by atoms with Crippen LogP contribution in [-0.2, 0) is 0 Å². The SMILES string of the molecule is C=CCCCC(N)c1cnc2ccsc2c1. The lowest BCUT2D eigenvalue weighted by molar-refractivity contribution is 0.616. The summed E-state index contributed by atoms with van der Waals surface area (Å²) >= 11 is 1.71. The fourth-order valence-corrected chi connectivity index (χ4v) is 2.50. The van der Waals surface area contributed by atoms with Gasteiger partial charge in [-0.25, -0.2) is 0 Å². The van der Waals surface area contributed by atoms with Crippen molar-refractivity contribution < 1.29 is 0 Å². The van der Waals surface area contributed by atoms with Crippen molar-refractivity contribution in [3.05, 3.63) is 41.9 Å². The Morgan fingerprint density at radius 2 is 2.44 bits per heavy atom. The second-order valence-corrected chi connectivity index (χ2v) is 4.85. The zero-order chi connectivity index (χ0) is 11.4. The molecule has 0 aromatic carbocycles. The summed E-state index contributed by atoms with van der Waals surface area (Å²) in [6, 6.07) is 4.29. The molecule has 2 heterocycles. The zero-order valence-corrected chi connectivity index (χ0v) is 10.0. The van der Waals surface area contributed by atoms with Crippen LogP contribution in [0.4, 0.5) is 0 Å². The maximum atomic E-state index is 6.13. The molecule has 0 spiro atoms. The van der Waals surface area contributed by atoms with Crippen molar-refractivity contribution in [2.45, 2.75) is 25.3 Å². The Morgan fingerprint density at radius 1 is 1.56 bits per heavy atom. The molecule has 0 aliphatic rings. The quantitative estimate of drug-likeness (QED) is 0.631. The fraction of sp³-hybridized carbons (Fsp3) is 0.308. The number of allylic oxidation sites excluding steroid dienone is 1. The van der Waals surface area contributed by atoms with Gasteiger partial charge >= 0.3 is 0 Å². The van der Waals surface area contributed by atoms with Gasteiger partial charge in [0.2, 0.25) is 0 Å². The molecule has 2 nitrogen and oxygen atoms in total. The summed E-state index contributed by atoms with van der Waals surface area (Å²) in [7, 11) is 0. The summed E-state index contributed by atoms with van der Waals surface area (Å²) in [5.74, 6) is 0. The largest absolute Gasteiger partial charge is 0.324 e. The molecule has 3 heteroatoms. The molecule has 2 aromatic heterocycles. The minimum absolute atomic E-state index is 0.0962. The first-order valence-electron chi connectivity index (χ1n) is 5.51. The topological polar surface area (TPSA) is 38.9 Å². The van der Waals surface area contributed by atoms with E-state index in [9.17, 15) is 0 Å². The summed E-state index contributed by atoms with van der Waals surface area (Å²) in [4.78, 5) is 4.40. The highest BCUT2D eigenvalue weighted by Gasteiger charge is 2.07. The van der Waals surface area contributed by atoms with Gasteiger partial charge in [-0.15, -0.1) is 17.9 Å². The van der Waals surface area contributed by atoms with Gasteiger partial charge in [-0.05, 0) is 42.3 Å². The number of hydrogen-bond donors (Lipinski definition) is 1. The number of nitrogens with two attached hydrogens (primary N) is 1. The van der Waals surface area contributed by atoms with E-state index in [0.717, 1.165) is 30.3 Å². The molecule has 0 saturated carbocycles. The van der Waals surface area contributed by atoms with Crippen molar-refractivity contribution in [1.82, 2.24) is 4.98 Å². The van der Waals surface area contributed by atoms with Crippen molar-refractivity contribution in [3.63, 3.8) is 0 Å². The molecule has 16 heavy (non-hydrogen) atoms. The summed E-state index contributed by atoms with van der Waals surface area (Å²) in [6.07, 6.45) is 6.95. The monoisotopic (exact) mass is 232 g/mol. The first-order valence-corrected chi connectivity index (χ1v) is 6.39. The van der Waals surface area contributed by atoms with E-state index in [-0.39, 0.29) is 6.04 Å². The van der Waals surface area contributed by atoms with Crippen LogP contribution in [0.5, 0.6) is 0 Å². The van der Waals surface area contributed by atoms with E-state index in [2.05, 4.69) is 23.0 Å². The second-order valence-electron chi connectivity index (χ2n) is 3.90. The third-order valence-electron chi connectivity index (χ3n) is 2.68. The van der Waals surface area contributed by atoms with Gasteiger partial charge in [0.05, 0.1) is 10.2 Å². The Hall–Kier alpha value is -1.19. The third kappa shape index (κ3) is 2.49. The van der Waals surface area contributed by atoms with Gasteiger partial charge in [-0.1, -0.05) is 6.08 Å². The van der Waals surface area contributed by atoms with Crippen molar-refractivity contribution >= 4 is 21.6 Å². The van der Waals surface area contributed by atoms with Gasteiger partial charge in [-0.2, -0.15) is 0 Å². The maximum Gasteiger partial charge on any atom is 0.0809 e. The molecule has 0 bridgehead atoms. The zero-order valence-electron chi connectivity index (χ0n) is 9.23. The number of fused-ring (bicyclic) bond motifs is 1. The summed E-state index contributed by atoms with van der Waals surface area (Å²) in [5.41, 5.74) is 8.33. The Balaban J connectivity index is 2.09. The van der Waals surface area contributed by atoms with Crippen LogP contribution in [0, 0.1) is 0 Å². The van der Waals surface area contributed by atoms with Gasteiger partial charge in [0.1, 0.15) is 0 Å². The average molecular weight is 232 g/mol. The van der Waals surface area contributed by atoms with E-state index in [1.54, 1.807) is 11.3 Å². The first kappa shape index (κ1) is 11.3. The molecule has 1 unspecified atom stereocenters. The van der Waals surface area contributed by atoms with Crippen LogP contribution in [-0.4, -0.2) is 4.98 Å². The minimum Gasteiger partial charge on any atom is -0.324 e. The van der Waals surface area contributed by atoms with E-state index in [0.29, 0.717) is 0 Å². The van der Waals surface area contributed by atoms with Gasteiger partial charge in [0.15, 0.2) is 0 Å². The van der Waals surface area contributed by atoms with Gasteiger partial charge in [0.25, 0.3) is 0 Å². The number of nitrogens with zero attached hydrogens (tertiary/aromatic N) is 1. The van der Waals surface area contributed by atoms with Crippen LogP contribution in [0.1, 0.15) is 30.9 Å². The molecular weight excluding hydrogens is 216 g/mol. The Kier molecular flexibility index (Phi) is 3.70. The molecule has 0 aliphatic carbocycles. The predicted octanol–water partition coefficient (Wildman–Crippen LogP) is 3.65. The normalized spacial score (nSPS) is 12.8. The highest BCUT2D eigenvalue weighted by atomic mass is 32.1. The lowest BCUT2D eigenvalue weighted by atomic mass is 10.0. The number of pyridine rings is 1. The molecule has 0 radical (unpaired) electrons. The Labute approximate surface area is 99.8 Å². The van der Waals surface area contributed by atoms with Gasteiger partial charge in [-0.3, -0.25) is 4.98 Å². The van der Waals surface area contributed by atoms with Crippen LogP contribution in [0.15, 0.2) is 36.4 Å². The number of aromatic nitrogens is 1. The van der Waals surface area contributed by atoms with Gasteiger partial charge < -0.3 is 5.73 Å². The number of hydrogen-bond acceptors (Lipinski definition) is 3. The third-order valence-corrected chi connectivity index (χ3v) is 3.53. The highest BCUT2D eigenvalue weighted by Crippen LogP contribution is 2.23. The summed E-state index contributed by atoms with van der Waals surface area (Å²) in [6.45, 7) is 3.71. The first-order chi connectivity index (χ1) is 7.81. The maximum absolute atomic E-state index is 6.13. The molecule has 0 aliphatic heterocycles. The molecule has 2 aromatic rings. The van der Waals surface area contributed by atoms with E-state index in [1.807, 2.05) is 18.3 Å². The number of unbranched alkanes of at least 4 members (excludes halogenated alkanes) is 1. The standard InChI is InChI=1S/C13H16N2S/c1-2-3-4-5-11(14)10-8-13-12(15-9-10)6-7-16-13/h2,6-9,11H,1,3-5,14H2. The average Bonchev–Trinajstić information content (AvgIpc) is 2.76. The molecule has 2 N–H and O–H groups in total. The Bertz CT molecular complexity index is 475. The molecule has 0 saturated heterocycles. The van der Waals surface area contributed by atoms with E-state index < -0.39 is 0 Å². The Morgan fingerprint density at radius 3 is 3.25 bits per heavy atom. The molecule has 0 amide bonds. The van der Waals surface area contributed by atoms with Crippen LogP contribution in [0.25, 0.3) is 10.2 Å². The van der Waals surface area contributed by atoms with Gasteiger partial charge in [0, 0.05) is 12.2 Å². The fourth-order valence-electron chi connectivity index (χ4n) is 1.71. The second kappa shape index (κ2) is 5.23. The molecule has 84 valence electrons. The van der Waals surface area contributed by atoms with Crippen molar-refractivity contribution in [1.29, 1.82) is 0 Å². The predicted molar refractivity (Wildman–Crippen MR) is 70.6 cm³/mol. The van der Waals surface area contributed by atoms with E-state index in [1.165, 1.54) is 4.70 Å². The molecule has 2 rings (SSSR count). The van der Waals surface area contributed by atoms with E-state index in [4.69, 9.17) is 5.73 Å². The summed E-state index contributed by atoms with van der Waals surface area (Å²) in [5, 5.41) is 2.06. The van der Waals surface area contributed by atoms with Crippen molar-refractivity contribution in [2.24, 2.45) is 5.73 Å². The number of rotatable bonds is 5. The number of thiophene rings is 1. The van der Waals surface area contributed by atoms with Crippen molar-refractivity contribution in [3.8, 4) is 0 Å². The van der Waals surface area contributed by atoms with Crippen LogP contribution in [0.2, 0.25) is 0 Å². The van der Waals surface area contributed by atoms with Crippen LogP contribution >= 0.6 is 11.3 Å². The van der Waals surface area contributed by atoms with Crippen LogP contribution in [0.3, 0.4) is 0 Å². The highest BCUT2D eigenvalue weighted by molar-refractivity contribution is 7.17. The van der Waals surface area contributed by atoms with E-state index >= 15 is 0 Å². The summed E-state index contributed by atoms with van der Waals surface area (Å²) < 4.78 is 1.22. The van der Waals surface area contributed by atoms with Crippen molar-refractivity contribution in [2.75, 3.05) is 0 Å². The lowest BCUT2D eigenvalue weighted by Crippen LogP contribution is -2.10. The molecular formula is C13H16N2S. The smallest absolute Gasteiger partial charge is 0.0809 e.